The molecule has 0 radical (unpaired) electrons. The second-order valence-corrected chi connectivity index (χ2v) is 8.51. The van der Waals surface area contributed by atoms with Crippen molar-refractivity contribution in [3.8, 4) is 17.2 Å². The van der Waals surface area contributed by atoms with Crippen LogP contribution in [-0.2, 0) is 0 Å². The third kappa shape index (κ3) is 4.32. The standard InChI is InChI=1S/C24H28FNO5/c1-15(2)30-21-6-4-16(12-22(21)29-3)23(28)26-10-8-24(9-11-26)14-19(27)18-13-17(25)5-7-20(18)31-24/h4-7,12-13,15,19,27H,8-11,14H2,1-3H3/t19-/m1/s1. The molecule has 1 saturated heterocycles. The number of piperidine rings is 1. The first-order valence-electron chi connectivity index (χ1n) is 10.6. The molecule has 166 valence electrons. The maximum Gasteiger partial charge on any atom is 0.253 e. The highest BCUT2D eigenvalue weighted by atomic mass is 19.1. The molecular weight excluding hydrogens is 401 g/mol. The van der Waals surface area contributed by atoms with E-state index in [9.17, 15) is 14.3 Å². The van der Waals surface area contributed by atoms with Gasteiger partial charge in [0.25, 0.3) is 5.91 Å². The molecule has 0 aromatic heterocycles. The highest BCUT2D eigenvalue weighted by Crippen LogP contribution is 2.44. The zero-order chi connectivity index (χ0) is 22.2. The lowest BCUT2D eigenvalue weighted by Gasteiger charge is -2.45. The molecule has 1 fully saturated rings. The van der Waals surface area contributed by atoms with Gasteiger partial charge >= 0.3 is 0 Å². The molecule has 2 heterocycles. The Morgan fingerprint density at radius 2 is 1.94 bits per heavy atom. The Labute approximate surface area is 181 Å². The minimum atomic E-state index is -0.778. The normalized spacial score (nSPS) is 19.7. The van der Waals surface area contributed by atoms with E-state index < -0.39 is 17.5 Å². The van der Waals surface area contributed by atoms with Crippen LogP contribution in [0.3, 0.4) is 0 Å². The minimum Gasteiger partial charge on any atom is -0.493 e. The largest absolute Gasteiger partial charge is 0.493 e. The molecule has 6 nitrogen and oxygen atoms in total. The predicted molar refractivity (Wildman–Crippen MR) is 113 cm³/mol. The predicted octanol–water partition coefficient (Wildman–Crippen LogP) is 4.11. The lowest BCUT2D eigenvalue weighted by atomic mass is 9.81. The van der Waals surface area contributed by atoms with Crippen molar-refractivity contribution in [1.82, 2.24) is 4.90 Å². The summed E-state index contributed by atoms with van der Waals surface area (Å²) in [5.74, 6) is 1.17. The Balaban J connectivity index is 1.45. The Morgan fingerprint density at radius 1 is 1.19 bits per heavy atom. The average Bonchev–Trinajstić information content (AvgIpc) is 2.74. The SMILES string of the molecule is COc1cc(C(=O)N2CCC3(CC2)C[C@@H](O)c2cc(F)ccc2O3)ccc1OC(C)C. The van der Waals surface area contributed by atoms with Crippen molar-refractivity contribution in [1.29, 1.82) is 0 Å². The number of aliphatic hydroxyl groups is 1. The van der Waals surface area contributed by atoms with Gasteiger partial charge in [-0.2, -0.15) is 0 Å². The third-order valence-electron chi connectivity index (χ3n) is 5.96. The molecule has 0 saturated carbocycles. The first-order valence-corrected chi connectivity index (χ1v) is 10.6. The van der Waals surface area contributed by atoms with Gasteiger partial charge in [0.15, 0.2) is 11.5 Å². The van der Waals surface area contributed by atoms with Crippen molar-refractivity contribution in [3.63, 3.8) is 0 Å². The average molecular weight is 429 g/mol. The van der Waals surface area contributed by atoms with Gasteiger partial charge in [0.1, 0.15) is 17.2 Å². The summed E-state index contributed by atoms with van der Waals surface area (Å²) in [6.45, 7) is 4.88. The van der Waals surface area contributed by atoms with Crippen LogP contribution in [0.1, 0.15) is 55.1 Å². The first-order chi connectivity index (χ1) is 14.8. The van der Waals surface area contributed by atoms with Crippen LogP contribution in [0.15, 0.2) is 36.4 Å². The molecule has 1 atom stereocenters. The summed E-state index contributed by atoms with van der Waals surface area (Å²) >= 11 is 0. The molecule has 31 heavy (non-hydrogen) atoms. The second-order valence-electron chi connectivity index (χ2n) is 8.51. The molecule has 0 aliphatic carbocycles. The van der Waals surface area contributed by atoms with Crippen molar-refractivity contribution in [3.05, 3.63) is 53.3 Å². The highest BCUT2D eigenvalue weighted by Gasteiger charge is 2.43. The number of fused-ring (bicyclic) bond motifs is 1. The smallest absolute Gasteiger partial charge is 0.253 e. The van der Waals surface area contributed by atoms with Gasteiger partial charge in [-0.15, -0.1) is 0 Å². The van der Waals surface area contributed by atoms with E-state index >= 15 is 0 Å². The molecule has 2 aliphatic rings. The number of rotatable bonds is 4. The fourth-order valence-electron chi connectivity index (χ4n) is 4.37. The quantitative estimate of drug-likeness (QED) is 0.792. The van der Waals surface area contributed by atoms with E-state index in [-0.39, 0.29) is 12.0 Å². The number of halogens is 1. The van der Waals surface area contributed by atoms with Crippen molar-refractivity contribution < 1.29 is 28.5 Å². The Kier molecular flexibility index (Phi) is 5.79. The summed E-state index contributed by atoms with van der Waals surface area (Å²) in [4.78, 5) is 14.9. The molecule has 1 spiro atoms. The molecule has 2 aromatic carbocycles. The van der Waals surface area contributed by atoms with E-state index in [1.54, 1.807) is 36.3 Å². The molecule has 2 aromatic rings. The zero-order valence-corrected chi connectivity index (χ0v) is 18.1. The molecule has 0 bridgehead atoms. The van der Waals surface area contributed by atoms with Crippen LogP contribution in [0.5, 0.6) is 17.2 Å². The fourth-order valence-corrected chi connectivity index (χ4v) is 4.37. The zero-order valence-electron chi connectivity index (χ0n) is 18.1. The monoisotopic (exact) mass is 429 g/mol. The van der Waals surface area contributed by atoms with Gasteiger partial charge in [0, 0.05) is 43.5 Å². The molecular formula is C24H28FNO5. The lowest BCUT2D eigenvalue weighted by Crippen LogP contribution is -2.51. The summed E-state index contributed by atoms with van der Waals surface area (Å²) in [6, 6.07) is 9.44. The topological polar surface area (TPSA) is 68.2 Å². The van der Waals surface area contributed by atoms with E-state index in [4.69, 9.17) is 14.2 Å². The van der Waals surface area contributed by atoms with E-state index in [0.29, 0.717) is 60.7 Å². The van der Waals surface area contributed by atoms with E-state index in [1.165, 1.54) is 12.1 Å². The maximum absolute atomic E-state index is 13.5. The van der Waals surface area contributed by atoms with Gasteiger partial charge in [-0.05, 0) is 50.2 Å². The van der Waals surface area contributed by atoms with Gasteiger partial charge in [-0.1, -0.05) is 0 Å². The first kappa shape index (κ1) is 21.4. The number of carbonyl (C=O) groups excluding carboxylic acids is 1. The third-order valence-corrected chi connectivity index (χ3v) is 5.96. The van der Waals surface area contributed by atoms with Crippen LogP contribution in [0.2, 0.25) is 0 Å². The number of hydrogen-bond acceptors (Lipinski definition) is 5. The van der Waals surface area contributed by atoms with Crippen LogP contribution in [0, 0.1) is 5.82 Å². The minimum absolute atomic E-state index is 0.00111. The number of likely N-dealkylation sites (tertiary alicyclic amines) is 1. The Hall–Kier alpha value is -2.80. The summed E-state index contributed by atoms with van der Waals surface area (Å²) in [6.07, 6.45) is 0.803. The van der Waals surface area contributed by atoms with Crippen LogP contribution in [-0.4, -0.2) is 47.8 Å². The lowest BCUT2D eigenvalue weighted by molar-refractivity contribution is -0.0497. The van der Waals surface area contributed by atoms with Crippen LogP contribution >= 0.6 is 0 Å². The van der Waals surface area contributed by atoms with Gasteiger partial charge in [0.05, 0.1) is 19.3 Å². The number of nitrogens with zero attached hydrogens (tertiary/aromatic N) is 1. The van der Waals surface area contributed by atoms with Gasteiger partial charge in [-0.25, -0.2) is 4.39 Å². The number of carbonyl (C=O) groups is 1. The Bertz CT molecular complexity index is 968. The van der Waals surface area contributed by atoms with E-state index in [1.807, 2.05) is 13.8 Å². The van der Waals surface area contributed by atoms with Crippen molar-refractivity contribution in [2.75, 3.05) is 20.2 Å². The summed E-state index contributed by atoms with van der Waals surface area (Å²) in [5, 5.41) is 10.5. The molecule has 2 aliphatic heterocycles. The van der Waals surface area contributed by atoms with Crippen LogP contribution in [0.25, 0.3) is 0 Å². The van der Waals surface area contributed by atoms with Crippen molar-refractivity contribution in [2.45, 2.75) is 50.9 Å². The number of benzene rings is 2. The van der Waals surface area contributed by atoms with Gasteiger partial charge in [-0.3, -0.25) is 4.79 Å². The second kappa shape index (κ2) is 8.38. The summed E-state index contributed by atoms with van der Waals surface area (Å²) in [7, 11) is 1.55. The number of hydrogen-bond donors (Lipinski definition) is 1. The summed E-state index contributed by atoms with van der Waals surface area (Å²) < 4.78 is 30.8. The molecule has 1 amide bonds. The number of ether oxygens (including phenoxy) is 3. The van der Waals surface area contributed by atoms with E-state index in [0.717, 1.165) is 0 Å². The van der Waals surface area contributed by atoms with E-state index in [2.05, 4.69) is 0 Å². The van der Waals surface area contributed by atoms with Crippen LogP contribution in [0.4, 0.5) is 4.39 Å². The molecule has 4 rings (SSSR count). The molecule has 0 unspecified atom stereocenters. The molecule has 7 heteroatoms. The number of methoxy groups -OCH3 is 1. The van der Waals surface area contributed by atoms with Gasteiger partial charge < -0.3 is 24.2 Å². The Morgan fingerprint density at radius 3 is 2.61 bits per heavy atom. The van der Waals surface area contributed by atoms with Crippen LogP contribution < -0.4 is 14.2 Å². The van der Waals surface area contributed by atoms with Crippen molar-refractivity contribution in [2.24, 2.45) is 0 Å². The summed E-state index contributed by atoms with van der Waals surface area (Å²) in [5.41, 5.74) is 0.475. The maximum atomic E-state index is 13.5. The number of aliphatic hydroxyl groups excluding tert-OH is 1. The number of amides is 1. The fraction of sp³-hybridized carbons (Fsp3) is 0.458. The van der Waals surface area contributed by atoms with Crippen molar-refractivity contribution >= 4 is 5.91 Å². The molecule has 1 N–H and O–H groups in total. The highest BCUT2D eigenvalue weighted by molar-refractivity contribution is 5.95. The van der Waals surface area contributed by atoms with Gasteiger partial charge in [0.2, 0.25) is 0 Å².